The SMILES string of the molecule is C=COC(C)COC(C)CC. The first-order valence-electron chi connectivity index (χ1n) is 4.08. The molecule has 0 rings (SSSR count). The van der Waals surface area contributed by atoms with Crippen molar-refractivity contribution in [2.75, 3.05) is 6.61 Å². The Morgan fingerprint density at radius 3 is 2.45 bits per heavy atom. The van der Waals surface area contributed by atoms with Crippen molar-refractivity contribution in [3.05, 3.63) is 12.8 Å². The van der Waals surface area contributed by atoms with Gasteiger partial charge in [-0.25, -0.2) is 0 Å². The van der Waals surface area contributed by atoms with Crippen LogP contribution in [0, 0.1) is 0 Å². The quantitative estimate of drug-likeness (QED) is 0.552. The molecule has 0 aromatic rings. The first kappa shape index (κ1) is 10.5. The third-order valence-corrected chi connectivity index (χ3v) is 1.52. The van der Waals surface area contributed by atoms with E-state index in [1.165, 1.54) is 6.26 Å². The summed E-state index contributed by atoms with van der Waals surface area (Å²) in [6, 6.07) is 0. The summed E-state index contributed by atoms with van der Waals surface area (Å²) in [7, 11) is 0. The van der Waals surface area contributed by atoms with Gasteiger partial charge in [0.25, 0.3) is 0 Å². The van der Waals surface area contributed by atoms with Crippen molar-refractivity contribution in [2.24, 2.45) is 0 Å². The van der Waals surface area contributed by atoms with Gasteiger partial charge in [0.2, 0.25) is 0 Å². The van der Waals surface area contributed by atoms with Gasteiger partial charge in [0.15, 0.2) is 0 Å². The molecule has 0 N–H and O–H groups in total. The molecular formula is C9H18O2. The Balaban J connectivity index is 3.29. The van der Waals surface area contributed by atoms with Crippen molar-refractivity contribution in [2.45, 2.75) is 39.4 Å². The Hall–Kier alpha value is -0.500. The van der Waals surface area contributed by atoms with E-state index in [1.807, 2.05) is 6.92 Å². The molecule has 2 unspecified atom stereocenters. The molecule has 0 saturated carbocycles. The number of hydrogen-bond donors (Lipinski definition) is 0. The second-order valence-corrected chi connectivity index (χ2v) is 2.67. The molecule has 0 aromatic heterocycles. The molecule has 0 aliphatic heterocycles. The Morgan fingerprint density at radius 2 is 2.00 bits per heavy atom. The van der Waals surface area contributed by atoms with Crippen molar-refractivity contribution in [3.8, 4) is 0 Å². The minimum Gasteiger partial charge on any atom is -0.497 e. The van der Waals surface area contributed by atoms with Crippen LogP contribution >= 0.6 is 0 Å². The zero-order valence-corrected chi connectivity index (χ0v) is 7.67. The third kappa shape index (κ3) is 5.92. The summed E-state index contributed by atoms with van der Waals surface area (Å²) in [5, 5.41) is 0. The largest absolute Gasteiger partial charge is 0.497 e. The fourth-order valence-electron chi connectivity index (χ4n) is 0.621. The molecule has 0 spiro atoms. The minimum atomic E-state index is 0.112. The first-order chi connectivity index (χ1) is 5.20. The molecule has 0 aliphatic carbocycles. The highest BCUT2D eigenvalue weighted by Crippen LogP contribution is 1.99. The van der Waals surface area contributed by atoms with E-state index in [0.717, 1.165) is 6.42 Å². The van der Waals surface area contributed by atoms with Gasteiger partial charge in [-0.1, -0.05) is 13.5 Å². The Bertz CT molecular complexity index is 102. The topological polar surface area (TPSA) is 18.5 Å². The van der Waals surface area contributed by atoms with Crippen LogP contribution in [0.25, 0.3) is 0 Å². The fourth-order valence-corrected chi connectivity index (χ4v) is 0.621. The van der Waals surface area contributed by atoms with Crippen LogP contribution in [0.15, 0.2) is 12.8 Å². The predicted molar refractivity (Wildman–Crippen MR) is 46.4 cm³/mol. The second-order valence-electron chi connectivity index (χ2n) is 2.67. The zero-order valence-electron chi connectivity index (χ0n) is 7.67. The van der Waals surface area contributed by atoms with Gasteiger partial charge < -0.3 is 9.47 Å². The van der Waals surface area contributed by atoms with Crippen LogP contribution in [-0.2, 0) is 9.47 Å². The summed E-state index contributed by atoms with van der Waals surface area (Å²) in [6.45, 7) is 10.2. The van der Waals surface area contributed by atoms with Crippen molar-refractivity contribution in [1.82, 2.24) is 0 Å². The van der Waals surface area contributed by atoms with E-state index in [-0.39, 0.29) is 6.10 Å². The van der Waals surface area contributed by atoms with E-state index in [4.69, 9.17) is 9.47 Å². The van der Waals surface area contributed by atoms with Gasteiger partial charge in [-0.3, -0.25) is 0 Å². The van der Waals surface area contributed by atoms with Crippen molar-refractivity contribution < 1.29 is 9.47 Å². The average molecular weight is 158 g/mol. The molecule has 66 valence electrons. The predicted octanol–water partition coefficient (Wildman–Crippen LogP) is 2.35. The molecule has 0 bridgehead atoms. The molecule has 0 amide bonds. The standard InChI is InChI=1S/C9H18O2/c1-5-8(3)11-7-9(4)10-6-2/h6,8-9H,2,5,7H2,1,3-4H3. The summed E-state index contributed by atoms with van der Waals surface area (Å²) in [5.41, 5.74) is 0. The first-order valence-corrected chi connectivity index (χ1v) is 4.08. The maximum atomic E-state index is 5.43. The molecule has 0 heterocycles. The number of ether oxygens (including phenoxy) is 2. The average Bonchev–Trinajstić information content (AvgIpc) is 2.01. The van der Waals surface area contributed by atoms with Crippen LogP contribution in [0.3, 0.4) is 0 Å². The molecule has 0 saturated heterocycles. The molecule has 0 radical (unpaired) electrons. The van der Waals surface area contributed by atoms with Gasteiger partial charge in [-0.05, 0) is 20.3 Å². The summed E-state index contributed by atoms with van der Waals surface area (Å²) >= 11 is 0. The number of hydrogen-bond acceptors (Lipinski definition) is 2. The Labute approximate surface area is 69.2 Å². The molecule has 2 atom stereocenters. The number of rotatable bonds is 6. The van der Waals surface area contributed by atoms with Gasteiger partial charge in [0.1, 0.15) is 6.10 Å². The molecular weight excluding hydrogens is 140 g/mol. The van der Waals surface area contributed by atoms with Gasteiger partial charge in [0.05, 0.1) is 19.0 Å². The molecule has 0 aromatic carbocycles. The lowest BCUT2D eigenvalue weighted by Crippen LogP contribution is -2.17. The maximum Gasteiger partial charge on any atom is 0.118 e. The molecule has 2 heteroatoms. The normalized spacial score (nSPS) is 15.5. The maximum absolute atomic E-state index is 5.43. The van der Waals surface area contributed by atoms with E-state index in [0.29, 0.717) is 12.7 Å². The Kier molecular flexibility index (Phi) is 5.94. The van der Waals surface area contributed by atoms with Crippen LogP contribution in [0.4, 0.5) is 0 Å². The highest BCUT2D eigenvalue weighted by atomic mass is 16.5. The summed E-state index contributed by atoms with van der Waals surface area (Å²) in [5.74, 6) is 0. The second kappa shape index (κ2) is 6.23. The lowest BCUT2D eigenvalue weighted by molar-refractivity contribution is -0.00144. The van der Waals surface area contributed by atoms with Gasteiger partial charge >= 0.3 is 0 Å². The molecule has 2 nitrogen and oxygen atoms in total. The van der Waals surface area contributed by atoms with E-state index >= 15 is 0 Å². The lowest BCUT2D eigenvalue weighted by Gasteiger charge is -2.15. The van der Waals surface area contributed by atoms with Gasteiger partial charge in [0, 0.05) is 0 Å². The van der Waals surface area contributed by atoms with Crippen LogP contribution in [0.1, 0.15) is 27.2 Å². The summed E-state index contributed by atoms with van der Waals surface area (Å²) in [4.78, 5) is 0. The lowest BCUT2D eigenvalue weighted by atomic mass is 10.3. The van der Waals surface area contributed by atoms with Crippen LogP contribution in [-0.4, -0.2) is 18.8 Å². The smallest absolute Gasteiger partial charge is 0.118 e. The highest BCUT2D eigenvalue weighted by molar-refractivity contribution is 4.57. The summed E-state index contributed by atoms with van der Waals surface area (Å²) < 4.78 is 10.5. The van der Waals surface area contributed by atoms with E-state index in [9.17, 15) is 0 Å². The van der Waals surface area contributed by atoms with Gasteiger partial charge in [-0.15, -0.1) is 0 Å². The minimum absolute atomic E-state index is 0.112. The zero-order chi connectivity index (χ0) is 8.69. The summed E-state index contributed by atoms with van der Waals surface area (Å²) in [6.07, 6.45) is 2.93. The molecule has 0 aliphatic rings. The highest BCUT2D eigenvalue weighted by Gasteiger charge is 2.03. The Morgan fingerprint density at radius 1 is 1.36 bits per heavy atom. The molecule has 0 fully saturated rings. The molecule has 11 heavy (non-hydrogen) atoms. The van der Waals surface area contributed by atoms with Crippen molar-refractivity contribution >= 4 is 0 Å². The van der Waals surface area contributed by atoms with E-state index in [2.05, 4.69) is 20.4 Å². The fraction of sp³-hybridized carbons (Fsp3) is 0.778. The third-order valence-electron chi connectivity index (χ3n) is 1.52. The van der Waals surface area contributed by atoms with Crippen LogP contribution < -0.4 is 0 Å². The van der Waals surface area contributed by atoms with Crippen molar-refractivity contribution in [3.63, 3.8) is 0 Å². The van der Waals surface area contributed by atoms with E-state index < -0.39 is 0 Å². The van der Waals surface area contributed by atoms with Crippen LogP contribution in [0.2, 0.25) is 0 Å². The van der Waals surface area contributed by atoms with Gasteiger partial charge in [-0.2, -0.15) is 0 Å². The monoisotopic (exact) mass is 158 g/mol. The van der Waals surface area contributed by atoms with E-state index in [1.54, 1.807) is 0 Å². The van der Waals surface area contributed by atoms with Crippen LogP contribution in [0.5, 0.6) is 0 Å². The van der Waals surface area contributed by atoms with Crippen molar-refractivity contribution in [1.29, 1.82) is 0 Å².